The summed E-state index contributed by atoms with van der Waals surface area (Å²) in [4.78, 5) is 12.1. The minimum Gasteiger partial charge on any atom is -0.326 e. The summed E-state index contributed by atoms with van der Waals surface area (Å²) in [6, 6.07) is 7.89. The largest absolute Gasteiger partial charge is 0.326 e. The van der Waals surface area contributed by atoms with Crippen molar-refractivity contribution >= 4 is 11.6 Å². The molecule has 19 heavy (non-hydrogen) atoms. The van der Waals surface area contributed by atoms with Crippen LogP contribution in [0, 0.1) is 13.8 Å². The van der Waals surface area contributed by atoms with E-state index in [1.807, 2.05) is 38.1 Å². The van der Waals surface area contributed by atoms with Crippen LogP contribution >= 0.6 is 0 Å². The van der Waals surface area contributed by atoms with E-state index in [0.717, 1.165) is 34.6 Å². The Morgan fingerprint density at radius 2 is 2.05 bits per heavy atom. The number of aryl methyl sites for hydroxylation is 3. The predicted octanol–water partition coefficient (Wildman–Crippen LogP) is 2.77. The van der Waals surface area contributed by atoms with Gasteiger partial charge in [-0.25, -0.2) is 0 Å². The van der Waals surface area contributed by atoms with Crippen molar-refractivity contribution in [1.29, 1.82) is 0 Å². The Kier molecular flexibility index (Phi) is 4.00. The van der Waals surface area contributed by atoms with E-state index in [1.54, 1.807) is 0 Å². The molecule has 0 aliphatic rings. The highest BCUT2D eigenvalue weighted by Gasteiger charge is 2.12. The topological polar surface area (TPSA) is 57.8 Å². The van der Waals surface area contributed by atoms with Crippen molar-refractivity contribution in [2.24, 2.45) is 0 Å². The zero-order valence-electron chi connectivity index (χ0n) is 11.6. The highest BCUT2D eigenvalue weighted by Crippen LogP contribution is 2.17. The number of hydrogen-bond donors (Lipinski definition) is 2. The van der Waals surface area contributed by atoms with Gasteiger partial charge >= 0.3 is 0 Å². The van der Waals surface area contributed by atoms with Crippen molar-refractivity contribution in [3.8, 4) is 0 Å². The SMILES string of the molecule is CCc1ccccc1NC(=O)Cc1c(C)n[nH]c1C. The van der Waals surface area contributed by atoms with Crippen molar-refractivity contribution in [2.45, 2.75) is 33.6 Å². The summed E-state index contributed by atoms with van der Waals surface area (Å²) in [6.07, 6.45) is 1.26. The fourth-order valence-corrected chi connectivity index (χ4v) is 2.14. The fraction of sp³-hybridized carbons (Fsp3) is 0.333. The van der Waals surface area contributed by atoms with Crippen molar-refractivity contribution < 1.29 is 4.79 Å². The Bertz CT molecular complexity index is 567. The molecule has 0 saturated heterocycles. The van der Waals surface area contributed by atoms with Gasteiger partial charge in [-0.3, -0.25) is 9.89 Å². The Morgan fingerprint density at radius 3 is 2.68 bits per heavy atom. The molecule has 1 heterocycles. The molecule has 100 valence electrons. The van der Waals surface area contributed by atoms with E-state index in [4.69, 9.17) is 0 Å². The molecule has 0 aliphatic heterocycles. The van der Waals surface area contributed by atoms with Gasteiger partial charge in [-0.15, -0.1) is 0 Å². The van der Waals surface area contributed by atoms with Gasteiger partial charge in [0.2, 0.25) is 5.91 Å². The van der Waals surface area contributed by atoms with Crippen LogP contribution in [0.15, 0.2) is 24.3 Å². The lowest BCUT2D eigenvalue weighted by atomic mass is 10.1. The van der Waals surface area contributed by atoms with Crippen LogP contribution in [0.25, 0.3) is 0 Å². The summed E-state index contributed by atoms with van der Waals surface area (Å²) >= 11 is 0. The van der Waals surface area contributed by atoms with Crippen LogP contribution in [0.1, 0.15) is 29.4 Å². The molecule has 0 radical (unpaired) electrons. The summed E-state index contributed by atoms with van der Waals surface area (Å²) in [6.45, 7) is 5.92. The Balaban J connectivity index is 2.10. The number of nitrogens with zero attached hydrogens (tertiary/aromatic N) is 1. The van der Waals surface area contributed by atoms with Crippen LogP contribution in [0.2, 0.25) is 0 Å². The number of nitrogens with one attached hydrogen (secondary N) is 2. The number of anilines is 1. The molecule has 0 aliphatic carbocycles. The highest BCUT2D eigenvalue weighted by atomic mass is 16.1. The number of para-hydroxylation sites is 1. The molecule has 1 amide bonds. The highest BCUT2D eigenvalue weighted by molar-refractivity contribution is 5.93. The number of H-pyrrole nitrogens is 1. The van der Waals surface area contributed by atoms with Crippen molar-refractivity contribution in [3.63, 3.8) is 0 Å². The van der Waals surface area contributed by atoms with Gasteiger partial charge in [0.15, 0.2) is 0 Å². The van der Waals surface area contributed by atoms with E-state index in [0.29, 0.717) is 6.42 Å². The number of benzene rings is 1. The molecular weight excluding hydrogens is 238 g/mol. The molecular formula is C15H19N3O. The van der Waals surface area contributed by atoms with E-state index in [2.05, 4.69) is 22.4 Å². The van der Waals surface area contributed by atoms with E-state index in [-0.39, 0.29) is 5.91 Å². The second-order valence-electron chi connectivity index (χ2n) is 4.65. The van der Waals surface area contributed by atoms with Crippen LogP contribution in [-0.2, 0) is 17.6 Å². The quantitative estimate of drug-likeness (QED) is 0.884. The number of rotatable bonds is 4. The first-order chi connectivity index (χ1) is 9.11. The second-order valence-corrected chi connectivity index (χ2v) is 4.65. The first kappa shape index (κ1) is 13.3. The molecule has 2 rings (SSSR count). The maximum Gasteiger partial charge on any atom is 0.228 e. The Hall–Kier alpha value is -2.10. The van der Waals surface area contributed by atoms with Gasteiger partial charge < -0.3 is 5.32 Å². The van der Waals surface area contributed by atoms with Crippen LogP contribution in [0.4, 0.5) is 5.69 Å². The van der Waals surface area contributed by atoms with E-state index in [1.165, 1.54) is 0 Å². The lowest BCUT2D eigenvalue weighted by molar-refractivity contribution is -0.115. The third-order valence-electron chi connectivity index (χ3n) is 3.29. The average Bonchev–Trinajstić information content (AvgIpc) is 2.71. The standard InChI is InChI=1S/C15H19N3O/c1-4-12-7-5-6-8-14(12)16-15(19)9-13-10(2)17-18-11(13)3/h5-8H,4,9H2,1-3H3,(H,16,19)(H,17,18). The average molecular weight is 257 g/mol. The zero-order valence-corrected chi connectivity index (χ0v) is 11.6. The molecule has 0 saturated carbocycles. The molecule has 1 aromatic heterocycles. The van der Waals surface area contributed by atoms with Crippen molar-refractivity contribution in [2.75, 3.05) is 5.32 Å². The van der Waals surface area contributed by atoms with Gasteiger partial charge in [0.1, 0.15) is 0 Å². The smallest absolute Gasteiger partial charge is 0.228 e. The maximum atomic E-state index is 12.1. The molecule has 2 aromatic rings. The van der Waals surface area contributed by atoms with Gasteiger partial charge in [-0.2, -0.15) is 5.10 Å². The van der Waals surface area contributed by atoms with Crippen LogP contribution < -0.4 is 5.32 Å². The normalized spacial score (nSPS) is 10.5. The third-order valence-corrected chi connectivity index (χ3v) is 3.29. The van der Waals surface area contributed by atoms with Gasteiger partial charge in [0.05, 0.1) is 12.1 Å². The molecule has 4 nitrogen and oxygen atoms in total. The third kappa shape index (κ3) is 3.02. The van der Waals surface area contributed by atoms with Crippen LogP contribution in [0.5, 0.6) is 0 Å². The summed E-state index contributed by atoms with van der Waals surface area (Å²) in [7, 11) is 0. The number of aromatic amines is 1. The lowest BCUT2D eigenvalue weighted by Crippen LogP contribution is -2.16. The summed E-state index contributed by atoms with van der Waals surface area (Å²) < 4.78 is 0. The van der Waals surface area contributed by atoms with Gasteiger partial charge in [-0.05, 0) is 31.9 Å². The number of carbonyl (C=O) groups excluding carboxylic acids is 1. The van der Waals surface area contributed by atoms with Crippen molar-refractivity contribution in [1.82, 2.24) is 10.2 Å². The lowest BCUT2D eigenvalue weighted by Gasteiger charge is -2.09. The number of hydrogen-bond acceptors (Lipinski definition) is 2. The molecule has 4 heteroatoms. The summed E-state index contributed by atoms with van der Waals surface area (Å²) in [5.74, 6) is -0.00602. The van der Waals surface area contributed by atoms with E-state index in [9.17, 15) is 4.79 Å². The fourth-order valence-electron chi connectivity index (χ4n) is 2.14. The molecule has 0 spiro atoms. The number of carbonyl (C=O) groups is 1. The molecule has 0 atom stereocenters. The Labute approximate surface area is 113 Å². The van der Waals surface area contributed by atoms with Gasteiger partial charge in [0, 0.05) is 16.9 Å². The van der Waals surface area contributed by atoms with Crippen LogP contribution in [-0.4, -0.2) is 16.1 Å². The van der Waals surface area contributed by atoms with Crippen molar-refractivity contribution in [3.05, 3.63) is 46.8 Å². The molecule has 0 unspecified atom stereocenters. The summed E-state index contributed by atoms with van der Waals surface area (Å²) in [5, 5.41) is 9.98. The number of amides is 1. The maximum absolute atomic E-state index is 12.1. The molecule has 0 bridgehead atoms. The zero-order chi connectivity index (χ0) is 13.8. The monoisotopic (exact) mass is 257 g/mol. The number of aromatic nitrogens is 2. The molecule has 0 fully saturated rings. The van der Waals surface area contributed by atoms with E-state index < -0.39 is 0 Å². The first-order valence-corrected chi connectivity index (χ1v) is 6.50. The van der Waals surface area contributed by atoms with E-state index >= 15 is 0 Å². The predicted molar refractivity (Wildman–Crippen MR) is 76.2 cm³/mol. The van der Waals surface area contributed by atoms with Gasteiger partial charge in [0.25, 0.3) is 0 Å². The minimum atomic E-state index is -0.00602. The minimum absolute atomic E-state index is 0.00602. The molecule has 1 aromatic carbocycles. The molecule has 2 N–H and O–H groups in total. The van der Waals surface area contributed by atoms with Gasteiger partial charge in [-0.1, -0.05) is 25.1 Å². The Morgan fingerprint density at radius 1 is 1.32 bits per heavy atom. The second kappa shape index (κ2) is 5.69. The summed E-state index contributed by atoms with van der Waals surface area (Å²) in [5.41, 5.74) is 4.87. The first-order valence-electron chi connectivity index (χ1n) is 6.50. The van der Waals surface area contributed by atoms with Crippen LogP contribution in [0.3, 0.4) is 0 Å².